The van der Waals surface area contributed by atoms with Gasteiger partial charge in [0.25, 0.3) is 0 Å². The van der Waals surface area contributed by atoms with Gasteiger partial charge in [-0.2, -0.15) is 0 Å². The molecule has 2 nitrogen and oxygen atoms in total. The minimum absolute atomic E-state index is 0.0933. The Morgan fingerprint density at radius 3 is 2.31 bits per heavy atom. The molecule has 4 heteroatoms. The first-order chi connectivity index (χ1) is 12.5. The Morgan fingerprint density at radius 2 is 1.58 bits per heavy atom. The number of benzene rings is 3. The van der Waals surface area contributed by atoms with Crippen LogP contribution in [0.25, 0.3) is 0 Å². The van der Waals surface area contributed by atoms with Gasteiger partial charge in [0, 0.05) is 4.47 Å². The minimum Gasteiger partial charge on any atom is -0.457 e. The molecule has 0 saturated heterocycles. The molecule has 0 N–H and O–H groups in total. The second kappa shape index (κ2) is 8.67. The summed E-state index contributed by atoms with van der Waals surface area (Å²) >= 11 is 3.44. The molecule has 0 fully saturated rings. The van der Waals surface area contributed by atoms with Crippen LogP contribution in [0.3, 0.4) is 0 Å². The van der Waals surface area contributed by atoms with E-state index in [0.717, 1.165) is 21.5 Å². The highest BCUT2D eigenvalue weighted by Crippen LogP contribution is 2.24. The van der Waals surface area contributed by atoms with Crippen molar-refractivity contribution in [3.05, 3.63) is 88.9 Å². The third kappa shape index (κ3) is 5.83. The Labute approximate surface area is 166 Å². The quantitative estimate of drug-likeness (QED) is 0.495. The zero-order valence-corrected chi connectivity index (χ0v) is 18.1. The van der Waals surface area contributed by atoms with Gasteiger partial charge in [-0.25, -0.2) is 0 Å². The van der Waals surface area contributed by atoms with Crippen LogP contribution in [0.4, 0.5) is 0 Å². The molecule has 0 aliphatic rings. The van der Waals surface area contributed by atoms with Crippen LogP contribution in [0, 0.1) is 0 Å². The van der Waals surface area contributed by atoms with Crippen molar-refractivity contribution in [3.63, 3.8) is 0 Å². The van der Waals surface area contributed by atoms with E-state index in [2.05, 4.69) is 66.2 Å². The minimum atomic E-state index is -0.518. The Hall–Kier alpha value is -1.88. The average molecular weight is 427 g/mol. The van der Waals surface area contributed by atoms with E-state index in [-0.39, 0.29) is 5.22 Å². The highest BCUT2D eigenvalue weighted by molar-refractivity contribution is 9.10. The van der Waals surface area contributed by atoms with E-state index in [9.17, 15) is 0 Å². The van der Waals surface area contributed by atoms with E-state index in [1.165, 1.54) is 5.19 Å². The molecule has 0 radical (unpaired) electrons. The predicted octanol–water partition coefficient (Wildman–Crippen LogP) is 4.99. The lowest BCUT2D eigenvalue weighted by Gasteiger charge is -2.25. The van der Waals surface area contributed by atoms with E-state index in [1.807, 2.05) is 42.5 Å². The summed E-state index contributed by atoms with van der Waals surface area (Å²) in [5.41, 5.74) is 1.12. The first-order valence-electron chi connectivity index (χ1n) is 8.70. The van der Waals surface area contributed by atoms with E-state index in [4.69, 9.17) is 9.47 Å². The monoisotopic (exact) mass is 426 g/mol. The molecule has 26 heavy (non-hydrogen) atoms. The van der Waals surface area contributed by atoms with Crippen LogP contribution < -0.4 is 9.92 Å². The van der Waals surface area contributed by atoms with Gasteiger partial charge < -0.3 is 9.47 Å². The van der Waals surface area contributed by atoms with Crippen LogP contribution in [-0.4, -0.2) is 14.7 Å². The molecule has 134 valence electrons. The fourth-order valence-electron chi connectivity index (χ4n) is 2.75. The highest BCUT2D eigenvalue weighted by atomic mass is 79.9. The van der Waals surface area contributed by atoms with Crippen LogP contribution in [0.2, 0.25) is 0 Å². The van der Waals surface area contributed by atoms with Gasteiger partial charge in [0.2, 0.25) is 0 Å². The van der Waals surface area contributed by atoms with Gasteiger partial charge in [-0.3, -0.25) is 0 Å². The molecule has 3 rings (SSSR count). The SMILES string of the molecule is CC(C)(OCc1cccc(Oc2ccc(Br)cc2)c1)[SiH2]c1ccccc1. The maximum absolute atomic E-state index is 6.24. The summed E-state index contributed by atoms with van der Waals surface area (Å²) in [7, 11) is -0.518. The van der Waals surface area contributed by atoms with E-state index in [0.29, 0.717) is 6.61 Å². The molecule has 0 saturated carbocycles. The summed E-state index contributed by atoms with van der Waals surface area (Å²) < 4.78 is 13.2. The molecule has 0 aliphatic heterocycles. The van der Waals surface area contributed by atoms with Crippen molar-refractivity contribution in [1.82, 2.24) is 0 Å². The fraction of sp³-hybridized carbons (Fsp3) is 0.182. The van der Waals surface area contributed by atoms with Gasteiger partial charge in [-0.05, 0) is 55.8 Å². The Bertz CT molecular complexity index is 832. The second-order valence-corrected chi connectivity index (χ2v) is 10.7. The summed E-state index contributed by atoms with van der Waals surface area (Å²) in [5.74, 6) is 1.65. The third-order valence-electron chi connectivity index (χ3n) is 4.05. The summed E-state index contributed by atoms with van der Waals surface area (Å²) in [5, 5.41) is 1.33. The standard InChI is InChI=1S/C22H23BrO2Si/c1-22(2,26-21-9-4-3-5-10-21)24-16-17-7-6-8-20(15-17)25-19-13-11-18(23)12-14-19/h3-15H,16,26H2,1-2H3. The summed E-state index contributed by atoms with van der Waals surface area (Å²) in [6.45, 7) is 4.97. The van der Waals surface area contributed by atoms with Gasteiger partial charge in [0.05, 0.1) is 21.4 Å². The fourth-order valence-corrected chi connectivity index (χ4v) is 4.71. The number of hydrogen-bond donors (Lipinski definition) is 0. The zero-order valence-electron chi connectivity index (χ0n) is 15.1. The Balaban J connectivity index is 1.60. The summed E-state index contributed by atoms with van der Waals surface area (Å²) in [6.07, 6.45) is 0. The summed E-state index contributed by atoms with van der Waals surface area (Å²) in [6, 6.07) is 26.6. The molecule has 0 aliphatic carbocycles. The van der Waals surface area contributed by atoms with Crippen molar-refractivity contribution in [2.45, 2.75) is 25.7 Å². The van der Waals surface area contributed by atoms with Crippen LogP contribution in [0.5, 0.6) is 11.5 Å². The van der Waals surface area contributed by atoms with Crippen molar-refractivity contribution in [3.8, 4) is 11.5 Å². The van der Waals surface area contributed by atoms with Crippen molar-refractivity contribution in [2.24, 2.45) is 0 Å². The van der Waals surface area contributed by atoms with E-state index in [1.54, 1.807) is 0 Å². The molecule has 0 bridgehead atoms. The Kier molecular flexibility index (Phi) is 6.30. The van der Waals surface area contributed by atoms with Crippen LogP contribution in [0.1, 0.15) is 19.4 Å². The first-order valence-corrected chi connectivity index (χ1v) is 10.9. The Morgan fingerprint density at radius 1 is 0.846 bits per heavy atom. The van der Waals surface area contributed by atoms with Crippen LogP contribution in [-0.2, 0) is 11.3 Å². The van der Waals surface area contributed by atoms with Crippen LogP contribution >= 0.6 is 15.9 Å². The van der Waals surface area contributed by atoms with Crippen LogP contribution in [0.15, 0.2) is 83.3 Å². The highest BCUT2D eigenvalue weighted by Gasteiger charge is 2.19. The van der Waals surface area contributed by atoms with Crippen molar-refractivity contribution in [2.75, 3.05) is 0 Å². The maximum Gasteiger partial charge on any atom is 0.127 e. The average Bonchev–Trinajstić information content (AvgIpc) is 2.63. The van der Waals surface area contributed by atoms with Crippen molar-refractivity contribution in [1.29, 1.82) is 0 Å². The number of rotatable bonds is 7. The third-order valence-corrected chi connectivity index (χ3v) is 6.51. The smallest absolute Gasteiger partial charge is 0.127 e. The summed E-state index contributed by atoms with van der Waals surface area (Å²) in [4.78, 5) is 0. The normalized spacial score (nSPS) is 11.8. The lowest BCUT2D eigenvalue weighted by Crippen LogP contribution is -2.39. The topological polar surface area (TPSA) is 18.5 Å². The molecule has 0 unspecified atom stereocenters. The van der Waals surface area contributed by atoms with E-state index >= 15 is 0 Å². The van der Waals surface area contributed by atoms with E-state index < -0.39 is 9.52 Å². The molecule has 3 aromatic rings. The lowest BCUT2D eigenvalue weighted by atomic mass is 10.2. The largest absolute Gasteiger partial charge is 0.457 e. The molecule has 0 atom stereocenters. The molecular weight excluding hydrogens is 404 g/mol. The van der Waals surface area contributed by atoms with Gasteiger partial charge in [-0.1, -0.05) is 63.6 Å². The van der Waals surface area contributed by atoms with Gasteiger partial charge in [-0.15, -0.1) is 0 Å². The molecule has 3 aromatic carbocycles. The van der Waals surface area contributed by atoms with Gasteiger partial charge in [0.1, 0.15) is 11.5 Å². The molecule has 0 heterocycles. The lowest BCUT2D eigenvalue weighted by molar-refractivity contribution is 0.0310. The zero-order chi connectivity index (χ0) is 18.4. The number of hydrogen-bond acceptors (Lipinski definition) is 2. The predicted molar refractivity (Wildman–Crippen MR) is 114 cm³/mol. The molecule has 0 amide bonds. The maximum atomic E-state index is 6.24. The first kappa shape index (κ1) is 18.9. The number of ether oxygens (including phenoxy) is 2. The van der Waals surface area contributed by atoms with Crippen molar-refractivity contribution >= 4 is 30.6 Å². The van der Waals surface area contributed by atoms with Crippen molar-refractivity contribution < 1.29 is 9.47 Å². The van der Waals surface area contributed by atoms with Gasteiger partial charge >= 0.3 is 0 Å². The van der Waals surface area contributed by atoms with Gasteiger partial charge in [0.15, 0.2) is 0 Å². The molecule has 0 aromatic heterocycles. The molecular formula is C22H23BrO2Si. The molecule has 0 spiro atoms. The number of halogens is 1. The second-order valence-electron chi connectivity index (χ2n) is 6.91.